The Bertz CT molecular complexity index is 552. The molecule has 0 unspecified atom stereocenters. The average molecular weight is 245 g/mol. The van der Waals surface area contributed by atoms with Crippen molar-refractivity contribution in [2.75, 3.05) is 19.0 Å². The van der Waals surface area contributed by atoms with E-state index >= 15 is 0 Å². The molecule has 0 aliphatic rings. The van der Waals surface area contributed by atoms with Crippen molar-refractivity contribution in [1.82, 2.24) is 9.78 Å². The number of hydrogen-bond acceptors (Lipinski definition) is 4. The van der Waals surface area contributed by atoms with Crippen molar-refractivity contribution >= 4 is 5.69 Å². The van der Waals surface area contributed by atoms with Gasteiger partial charge in [0.05, 0.1) is 13.7 Å². The van der Waals surface area contributed by atoms with Gasteiger partial charge in [-0.1, -0.05) is 18.2 Å². The molecule has 0 fully saturated rings. The number of nitrogens with one attached hydrogen (secondary N) is 1. The number of methoxy groups -OCH3 is 1. The third kappa shape index (κ3) is 3.10. The van der Waals surface area contributed by atoms with E-state index in [2.05, 4.69) is 10.4 Å². The SMILES string of the molecule is COc1ccc(=O)n(CCNc2ccccc2)n1. The Hall–Kier alpha value is -2.30. The monoisotopic (exact) mass is 245 g/mol. The van der Waals surface area contributed by atoms with Crippen LogP contribution in [0.2, 0.25) is 0 Å². The number of ether oxygens (including phenoxy) is 1. The number of nitrogens with zero attached hydrogens (tertiary/aromatic N) is 2. The van der Waals surface area contributed by atoms with Gasteiger partial charge in [-0.15, -0.1) is 5.10 Å². The number of para-hydroxylation sites is 1. The van der Waals surface area contributed by atoms with Crippen LogP contribution in [0.3, 0.4) is 0 Å². The highest BCUT2D eigenvalue weighted by molar-refractivity contribution is 5.42. The number of aromatic nitrogens is 2. The molecular formula is C13H15N3O2. The maximum Gasteiger partial charge on any atom is 0.267 e. The van der Waals surface area contributed by atoms with E-state index in [0.717, 1.165) is 5.69 Å². The highest BCUT2D eigenvalue weighted by Gasteiger charge is 2.00. The van der Waals surface area contributed by atoms with Crippen molar-refractivity contribution in [3.05, 3.63) is 52.8 Å². The maximum absolute atomic E-state index is 11.5. The summed E-state index contributed by atoms with van der Waals surface area (Å²) in [6, 6.07) is 12.8. The fourth-order valence-electron chi connectivity index (χ4n) is 1.56. The van der Waals surface area contributed by atoms with E-state index in [1.54, 1.807) is 6.07 Å². The van der Waals surface area contributed by atoms with Gasteiger partial charge in [-0.2, -0.15) is 0 Å². The molecule has 0 atom stereocenters. The average Bonchev–Trinajstić information content (AvgIpc) is 2.42. The standard InChI is InChI=1S/C13H15N3O2/c1-18-12-7-8-13(17)16(15-12)10-9-14-11-5-3-2-4-6-11/h2-8,14H,9-10H2,1H3. The Morgan fingerprint density at radius 1 is 1.22 bits per heavy atom. The molecule has 94 valence electrons. The molecule has 0 saturated heterocycles. The van der Waals surface area contributed by atoms with Gasteiger partial charge < -0.3 is 10.1 Å². The molecule has 1 aromatic carbocycles. The minimum atomic E-state index is -0.134. The second-order valence-electron chi connectivity index (χ2n) is 3.73. The Morgan fingerprint density at radius 3 is 2.72 bits per heavy atom. The summed E-state index contributed by atoms with van der Waals surface area (Å²) in [6.07, 6.45) is 0. The van der Waals surface area contributed by atoms with Crippen LogP contribution in [-0.4, -0.2) is 23.4 Å². The Morgan fingerprint density at radius 2 is 2.00 bits per heavy atom. The first-order valence-corrected chi connectivity index (χ1v) is 5.70. The van der Waals surface area contributed by atoms with E-state index in [-0.39, 0.29) is 5.56 Å². The zero-order chi connectivity index (χ0) is 12.8. The summed E-state index contributed by atoms with van der Waals surface area (Å²) in [7, 11) is 1.53. The van der Waals surface area contributed by atoms with Crippen molar-refractivity contribution in [3.8, 4) is 5.88 Å². The molecule has 5 heteroatoms. The third-order valence-corrected chi connectivity index (χ3v) is 2.48. The minimum Gasteiger partial charge on any atom is -0.480 e. The van der Waals surface area contributed by atoms with Crippen LogP contribution in [0.25, 0.3) is 0 Å². The first-order chi connectivity index (χ1) is 8.79. The van der Waals surface area contributed by atoms with Crippen LogP contribution in [-0.2, 0) is 6.54 Å². The van der Waals surface area contributed by atoms with E-state index in [0.29, 0.717) is 19.0 Å². The smallest absolute Gasteiger partial charge is 0.267 e. The predicted molar refractivity (Wildman–Crippen MR) is 70.0 cm³/mol. The molecule has 0 spiro atoms. The maximum atomic E-state index is 11.5. The first kappa shape index (κ1) is 12.2. The summed E-state index contributed by atoms with van der Waals surface area (Å²) in [4.78, 5) is 11.5. The molecule has 2 rings (SSSR count). The van der Waals surface area contributed by atoms with Gasteiger partial charge in [0.2, 0.25) is 5.88 Å². The van der Waals surface area contributed by atoms with Crippen LogP contribution >= 0.6 is 0 Å². The normalized spacial score (nSPS) is 10.1. The zero-order valence-electron chi connectivity index (χ0n) is 10.2. The Kier molecular flexibility index (Phi) is 3.96. The number of hydrogen-bond donors (Lipinski definition) is 1. The van der Waals surface area contributed by atoms with Gasteiger partial charge in [0.25, 0.3) is 5.56 Å². The van der Waals surface area contributed by atoms with Gasteiger partial charge in [0.1, 0.15) is 0 Å². The van der Waals surface area contributed by atoms with Crippen molar-refractivity contribution in [1.29, 1.82) is 0 Å². The highest BCUT2D eigenvalue weighted by Crippen LogP contribution is 2.04. The summed E-state index contributed by atoms with van der Waals surface area (Å²) in [5.41, 5.74) is 0.888. The molecule has 0 aliphatic heterocycles. The molecule has 18 heavy (non-hydrogen) atoms. The number of rotatable bonds is 5. The second-order valence-corrected chi connectivity index (χ2v) is 3.73. The molecular weight excluding hydrogens is 230 g/mol. The van der Waals surface area contributed by atoms with Gasteiger partial charge in [-0.3, -0.25) is 4.79 Å². The van der Waals surface area contributed by atoms with E-state index in [4.69, 9.17) is 4.74 Å². The van der Waals surface area contributed by atoms with Gasteiger partial charge >= 0.3 is 0 Å². The zero-order valence-corrected chi connectivity index (χ0v) is 10.2. The molecule has 2 aromatic rings. The van der Waals surface area contributed by atoms with Crippen LogP contribution in [0, 0.1) is 0 Å². The Balaban J connectivity index is 1.96. The molecule has 1 heterocycles. The molecule has 5 nitrogen and oxygen atoms in total. The third-order valence-electron chi connectivity index (χ3n) is 2.48. The van der Waals surface area contributed by atoms with Crippen LogP contribution in [0.5, 0.6) is 5.88 Å². The lowest BCUT2D eigenvalue weighted by Crippen LogP contribution is -2.25. The van der Waals surface area contributed by atoms with Crippen molar-refractivity contribution < 1.29 is 4.74 Å². The molecule has 0 saturated carbocycles. The largest absolute Gasteiger partial charge is 0.480 e. The molecule has 0 radical (unpaired) electrons. The van der Waals surface area contributed by atoms with E-state index in [9.17, 15) is 4.79 Å². The van der Waals surface area contributed by atoms with Crippen molar-refractivity contribution in [3.63, 3.8) is 0 Å². The molecule has 1 N–H and O–H groups in total. The molecule has 0 bridgehead atoms. The van der Waals surface area contributed by atoms with E-state index in [1.807, 2.05) is 30.3 Å². The van der Waals surface area contributed by atoms with Crippen LogP contribution < -0.4 is 15.6 Å². The fraction of sp³-hybridized carbons (Fsp3) is 0.231. The molecule has 1 aromatic heterocycles. The lowest BCUT2D eigenvalue weighted by atomic mass is 10.3. The first-order valence-electron chi connectivity index (χ1n) is 5.70. The van der Waals surface area contributed by atoms with Crippen LogP contribution in [0.1, 0.15) is 0 Å². The summed E-state index contributed by atoms with van der Waals surface area (Å²) < 4.78 is 6.37. The lowest BCUT2D eigenvalue weighted by molar-refractivity contribution is 0.376. The summed E-state index contributed by atoms with van der Waals surface area (Å²) in [5, 5.41) is 7.28. The van der Waals surface area contributed by atoms with E-state index < -0.39 is 0 Å². The molecule has 0 aliphatic carbocycles. The quantitative estimate of drug-likeness (QED) is 0.864. The number of anilines is 1. The topological polar surface area (TPSA) is 56.1 Å². The van der Waals surface area contributed by atoms with Gasteiger partial charge in [-0.05, 0) is 12.1 Å². The summed E-state index contributed by atoms with van der Waals surface area (Å²) in [6.45, 7) is 1.12. The summed E-state index contributed by atoms with van der Waals surface area (Å²) >= 11 is 0. The van der Waals surface area contributed by atoms with E-state index in [1.165, 1.54) is 17.9 Å². The van der Waals surface area contributed by atoms with Crippen LogP contribution in [0.4, 0.5) is 5.69 Å². The fourth-order valence-corrected chi connectivity index (χ4v) is 1.56. The van der Waals surface area contributed by atoms with Crippen LogP contribution in [0.15, 0.2) is 47.3 Å². The van der Waals surface area contributed by atoms with Crippen molar-refractivity contribution in [2.24, 2.45) is 0 Å². The van der Waals surface area contributed by atoms with Gasteiger partial charge in [0.15, 0.2) is 0 Å². The predicted octanol–water partition coefficient (Wildman–Crippen LogP) is 1.36. The highest BCUT2D eigenvalue weighted by atomic mass is 16.5. The van der Waals surface area contributed by atoms with Crippen molar-refractivity contribution in [2.45, 2.75) is 6.54 Å². The second kappa shape index (κ2) is 5.86. The minimum absolute atomic E-state index is 0.134. The lowest BCUT2D eigenvalue weighted by Gasteiger charge is -2.08. The number of benzene rings is 1. The Labute approximate surface area is 105 Å². The summed E-state index contributed by atoms with van der Waals surface area (Å²) in [5.74, 6) is 0.439. The van der Waals surface area contributed by atoms with Gasteiger partial charge in [-0.25, -0.2) is 4.68 Å². The van der Waals surface area contributed by atoms with Gasteiger partial charge in [0, 0.05) is 24.4 Å². The molecule has 0 amide bonds.